The number of ether oxygens (including phenoxy) is 1. The van der Waals surface area contributed by atoms with Gasteiger partial charge in [-0.25, -0.2) is 4.79 Å². The molecule has 0 radical (unpaired) electrons. The summed E-state index contributed by atoms with van der Waals surface area (Å²) in [5.41, 5.74) is 2.67. The molecule has 100 valence electrons. The van der Waals surface area contributed by atoms with Crippen LogP contribution >= 0.6 is 11.6 Å². The number of hydrogen-bond acceptors (Lipinski definition) is 4. The van der Waals surface area contributed by atoms with Gasteiger partial charge in [0, 0.05) is 17.2 Å². The second-order valence-corrected chi connectivity index (χ2v) is 4.50. The number of nitrogens with zero attached hydrogens (tertiary/aromatic N) is 1. The van der Waals surface area contributed by atoms with Gasteiger partial charge < -0.3 is 14.4 Å². The molecule has 0 bridgehead atoms. The van der Waals surface area contributed by atoms with E-state index in [-0.39, 0.29) is 5.76 Å². The fourth-order valence-electron chi connectivity index (χ4n) is 2.04. The van der Waals surface area contributed by atoms with Crippen LogP contribution in [-0.4, -0.2) is 23.3 Å². The largest absolute Gasteiger partial charge is 0.496 e. The molecule has 0 aliphatic rings. The van der Waals surface area contributed by atoms with Crippen molar-refractivity contribution in [2.75, 3.05) is 7.11 Å². The van der Waals surface area contributed by atoms with Crippen LogP contribution in [0.15, 0.2) is 16.7 Å². The van der Waals surface area contributed by atoms with Gasteiger partial charge in [0.2, 0.25) is 5.76 Å². The lowest BCUT2D eigenvalue weighted by atomic mass is 10.0. The van der Waals surface area contributed by atoms with Crippen LogP contribution in [0, 0.1) is 13.8 Å². The summed E-state index contributed by atoms with van der Waals surface area (Å²) in [6, 6.07) is 3.09. The number of carbonyl (C=O) groups is 1. The van der Waals surface area contributed by atoms with Crippen LogP contribution in [0.4, 0.5) is 0 Å². The van der Waals surface area contributed by atoms with Crippen molar-refractivity contribution in [1.29, 1.82) is 0 Å². The van der Waals surface area contributed by atoms with Crippen molar-refractivity contribution in [3.63, 3.8) is 0 Å². The fourth-order valence-corrected chi connectivity index (χ4v) is 2.44. The van der Waals surface area contributed by atoms with E-state index < -0.39 is 5.97 Å². The third-order valence-corrected chi connectivity index (χ3v) is 3.14. The highest BCUT2D eigenvalue weighted by molar-refractivity contribution is 6.33. The summed E-state index contributed by atoms with van der Waals surface area (Å²) in [5, 5.41) is 13.0. The molecular weight excluding hydrogens is 270 g/mol. The van der Waals surface area contributed by atoms with Crippen molar-refractivity contribution < 1.29 is 19.2 Å². The molecule has 19 heavy (non-hydrogen) atoms. The smallest absolute Gasteiger partial charge is 0.374 e. The van der Waals surface area contributed by atoms with E-state index in [1.54, 1.807) is 13.2 Å². The Bertz CT molecular complexity index is 648. The number of carboxylic acids is 1. The molecule has 0 aliphatic heterocycles. The maximum absolute atomic E-state index is 10.8. The minimum Gasteiger partial charge on any atom is -0.496 e. The summed E-state index contributed by atoms with van der Waals surface area (Å²) < 4.78 is 10.1. The van der Waals surface area contributed by atoms with Gasteiger partial charge in [0.25, 0.3) is 0 Å². The number of aromatic carboxylic acids is 1. The summed E-state index contributed by atoms with van der Waals surface area (Å²) in [4.78, 5) is 10.8. The summed E-state index contributed by atoms with van der Waals surface area (Å²) in [5.74, 6) is -0.712. The van der Waals surface area contributed by atoms with E-state index in [9.17, 15) is 4.79 Å². The van der Waals surface area contributed by atoms with E-state index in [2.05, 4.69) is 5.16 Å². The third-order valence-electron chi connectivity index (χ3n) is 2.84. The number of methoxy groups -OCH3 is 1. The first-order chi connectivity index (χ1) is 8.95. The molecule has 0 atom stereocenters. The minimum atomic E-state index is -1.17. The van der Waals surface area contributed by atoms with E-state index >= 15 is 0 Å². The zero-order valence-electron chi connectivity index (χ0n) is 10.7. The van der Waals surface area contributed by atoms with Gasteiger partial charge in [-0.3, -0.25) is 0 Å². The molecule has 2 rings (SSSR count). The second-order valence-electron chi connectivity index (χ2n) is 4.09. The van der Waals surface area contributed by atoms with E-state index in [0.29, 0.717) is 22.0 Å². The Morgan fingerprint density at radius 1 is 1.42 bits per heavy atom. The normalized spacial score (nSPS) is 10.5. The molecule has 0 aliphatic carbocycles. The highest BCUT2D eigenvalue weighted by Crippen LogP contribution is 2.38. The molecule has 0 saturated carbocycles. The topological polar surface area (TPSA) is 72.6 Å². The van der Waals surface area contributed by atoms with E-state index in [4.69, 9.17) is 26.0 Å². The number of aromatic nitrogens is 1. The van der Waals surface area contributed by atoms with Gasteiger partial charge in [0.05, 0.1) is 12.1 Å². The van der Waals surface area contributed by atoms with Gasteiger partial charge in [0.15, 0.2) is 0 Å². The summed E-state index contributed by atoms with van der Waals surface area (Å²) in [7, 11) is 1.57. The van der Waals surface area contributed by atoms with Crippen LogP contribution < -0.4 is 4.74 Å². The number of carboxylic acid groups (broad SMARTS) is 1. The number of hydrogen-bond donors (Lipinski definition) is 1. The Labute approximate surface area is 114 Å². The van der Waals surface area contributed by atoms with Crippen molar-refractivity contribution >= 4 is 17.6 Å². The minimum absolute atomic E-state index is 0.231. The van der Waals surface area contributed by atoms with Gasteiger partial charge in [-0.2, -0.15) is 0 Å². The summed E-state index contributed by atoms with van der Waals surface area (Å²) >= 11 is 6.20. The van der Waals surface area contributed by atoms with Crippen LogP contribution in [0.25, 0.3) is 11.3 Å². The first-order valence-corrected chi connectivity index (χ1v) is 5.87. The molecule has 5 nitrogen and oxygen atoms in total. The molecule has 1 aromatic heterocycles. The van der Waals surface area contributed by atoms with Crippen molar-refractivity contribution in [3.8, 4) is 17.0 Å². The molecule has 0 amide bonds. The van der Waals surface area contributed by atoms with Crippen molar-refractivity contribution in [1.82, 2.24) is 5.16 Å². The predicted octanol–water partition coefficient (Wildman–Crippen LogP) is 3.32. The molecule has 0 fully saturated rings. The van der Waals surface area contributed by atoms with Crippen molar-refractivity contribution in [2.45, 2.75) is 13.8 Å². The van der Waals surface area contributed by atoms with E-state index in [0.717, 1.165) is 11.1 Å². The van der Waals surface area contributed by atoms with E-state index in [1.165, 1.54) is 6.07 Å². The van der Waals surface area contributed by atoms with E-state index in [1.807, 2.05) is 13.8 Å². The summed E-state index contributed by atoms with van der Waals surface area (Å²) in [6.45, 7) is 3.72. The molecule has 1 heterocycles. The molecule has 6 heteroatoms. The van der Waals surface area contributed by atoms with Gasteiger partial charge >= 0.3 is 5.97 Å². The first-order valence-electron chi connectivity index (χ1n) is 5.49. The molecule has 0 spiro atoms. The molecule has 2 aromatic rings. The Balaban J connectivity index is 2.64. The average Bonchev–Trinajstić information content (AvgIpc) is 2.78. The maximum Gasteiger partial charge on any atom is 0.374 e. The Morgan fingerprint density at radius 3 is 2.63 bits per heavy atom. The van der Waals surface area contributed by atoms with Gasteiger partial charge in [0.1, 0.15) is 11.4 Å². The molecule has 1 N–H and O–H groups in total. The monoisotopic (exact) mass is 281 g/mol. The second kappa shape index (κ2) is 4.93. The van der Waals surface area contributed by atoms with Crippen LogP contribution in [0.5, 0.6) is 5.75 Å². The zero-order valence-corrected chi connectivity index (χ0v) is 11.4. The Kier molecular flexibility index (Phi) is 3.48. The van der Waals surface area contributed by atoms with Crippen molar-refractivity contribution in [3.05, 3.63) is 34.0 Å². The van der Waals surface area contributed by atoms with Gasteiger partial charge in [-0.15, -0.1) is 0 Å². The van der Waals surface area contributed by atoms with Crippen molar-refractivity contribution in [2.24, 2.45) is 0 Å². The maximum atomic E-state index is 10.8. The highest BCUT2D eigenvalue weighted by atomic mass is 35.5. The van der Waals surface area contributed by atoms with Crippen LogP contribution in [0.1, 0.15) is 21.7 Å². The number of rotatable bonds is 3. The lowest BCUT2D eigenvalue weighted by Crippen LogP contribution is -1.95. The lowest BCUT2D eigenvalue weighted by molar-refractivity contribution is 0.0652. The average molecular weight is 282 g/mol. The molecule has 0 saturated heterocycles. The van der Waals surface area contributed by atoms with Crippen LogP contribution in [-0.2, 0) is 0 Å². The Hall–Kier alpha value is -2.01. The van der Waals surface area contributed by atoms with Crippen LogP contribution in [0.2, 0.25) is 5.02 Å². The van der Waals surface area contributed by atoms with Crippen LogP contribution in [0.3, 0.4) is 0 Å². The van der Waals surface area contributed by atoms with Gasteiger partial charge in [-0.1, -0.05) is 16.8 Å². The first kappa shape index (κ1) is 13.4. The third kappa shape index (κ3) is 2.29. The quantitative estimate of drug-likeness (QED) is 0.934. The predicted molar refractivity (Wildman–Crippen MR) is 69.9 cm³/mol. The summed E-state index contributed by atoms with van der Waals surface area (Å²) in [6.07, 6.45) is 0. The fraction of sp³-hybridized carbons (Fsp3) is 0.231. The van der Waals surface area contributed by atoms with Gasteiger partial charge in [-0.05, 0) is 25.5 Å². The zero-order chi connectivity index (χ0) is 14.2. The Morgan fingerprint density at radius 2 is 2.11 bits per heavy atom. The molecule has 1 aromatic carbocycles. The lowest BCUT2D eigenvalue weighted by Gasteiger charge is -2.13. The number of aryl methyl sites for hydroxylation is 1. The highest BCUT2D eigenvalue weighted by Gasteiger charge is 2.19. The standard InChI is InChI=1S/C13H12ClNO4/c1-6-4-8(14)11(7(2)12(6)18-3)9-5-10(13(16)17)19-15-9/h4-5H,1-3H3,(H,16,17). The number of halogens is 1. The molecule has 0 unspecified atom stereocenters. The number of benzene rings is 1. The SMILES string of the molecule is COc1c(C)cc(Cl)c(-c2cc(C(=O)O)on2)c1C. The molecular formula is C13H12ClNO4.